The molecule has 0 unspecified atom stereocenters. The van der Waals surface area contributed by atoms with Crippen LogP contribution in [0.3, 0.4) is 0 Å². The summed E-state index contributed by atoms with van der Waals surface area (Å²) in [5.74, 6) is 1.11. The van der Waals surface area contributed by atoms with E-state index < -0.39 is 0 Å². The van der Waals surface area contributed by atoms with Crippen molar-refractivity contribution in [1.29, 1.82) is 0 Å². The third-order valence-corrected chi connectivity index (χ3v) is 3.56. The van der Waals surface area contributed by atoms with Crippen LogP contribution in [0.4, 0.5) is 0 Å². The predicted molar refractivity (Wildman–Crippen MR) is 70.1 cm³/mol. The van der Waals surface area contributed by atoms with Crippen LogP contribution >= 0.6 is 23.2 Å². The topological polar surface area (TPSA) is 17.8 Å². The van der Waals surface area contributed by atoms with Gasteiger partial charge in [0.2, 0.25) is 0 Å². The molecule has 1 aromatic carbocycles. The van der Waals surface area contributed by atoms with Gasteiger partial charge in [0.15, 0.2) is 0 Å². The molecule has 0 N–H and O–H groups in total. The first-order valence-electron chi connectivity index (χ1n) is 5.68. The summed E-state index contributed by atoms with van der Waals surface area (Å²) in [6.07, 6.45) is 4.52. The molecule has 1 heterocycles. The molecular formula is C13H12Cl2N2. The maximum atomic E-state index is 5.96. The van der Waals surface area contributed by atoms with E-state index in [0.29, 0.717) is 16.8 Å². The van der Waals surface area contributed by atoms with Crippen molar-refractivity contribution in [1.82, 2.24) is 9.78 Å². The Kier molecular flexibility index (Phi) is 2.85. The number of halogens is 2. The van der Waals surface area contributed by atoms with Gasteiger partial charge in [-0.3, -0.25) is 0 Å². The molecule has 0 amide bonds. The summed E-state index contributed by atoms with van der Waals surface area (Å²) >= 11 is 11.9. The van der Waals surface area contributed by atoms with Crippen LogP contribution in [0.2, 0.25) is 5.02 Å². The highest BCUT2D eigenvalue weighted by Crippen LogP contribution is 2.39. The van der Waals surface area contributed by atoms with Gasteiger partial charge in [-0.25, -0.2) is 4.68 Å². The fraction of sp³-hybridized carbons (Fsp3) is 0.308. The Morgan fingerprint density at radius 2 is 2.12 bits per heavy atom. The van der Waals surface area contributed by atoms with E-state index in [2.05, 4.69) is 11.2 Å². The molecule has 17 heavy (non-hydrogen) atoms. The maximum Gasteiger partial charge on any atom is 0.0690 e. The zero-order chi connectivity index (χ0) is 11.8. The minimum atomic E-state index is 0.439. The molecule has 1 saturated carbocycles. The van der Waals surface area contributed by atoms with Crippen LogP contribution in [0.15, 0.2) is 30.5 Å². The molecule has 1 fully saturated rings. The second-order valence-electron chi connectivity index (χ2n) is 4.37. The van der Waals surface area contributed by atoms with E-state index in [9.17, 15) is 0 Å². The lowest BCUT2D eigenvalue weighted by molar-refractivity contribution is 0.831. The number of hydrogen-bond donors (Lipinski definition) is 0. The Bertz CT molecular complexity index is 544. The van der Waals surface area contributed by atoms with Gasteiger partial charge in [0.1, 0.15) is 0 Å². The van der Waals surface area contributed by atoms with Gasteiger partial charge in [-0.1, -0.05) is 11.6 Å². The molecule has 1 aromatic heterocycles. The summed E-state index contributed by atoms with van der Waals surface area (Å²) in [6.45, 7) is 0. The summed E-state index contributed by atoms with van der Waals surface area (Å²) in [4.78, 5) is 0. The molecule has 88 valence electrons. The van der Waals surface area contributed by atoms with E-state index in [-0.39, 0.29) is 0 Å². The molecule has 0 atom stereocenters. The van der Waals surface area contributed by atoms with Gasteiger partial charge in [0, 0.05) is 23.0 Å². The molecule has 1 aliphatic carbocycles. The number of nitrogens with zero attached hydrogens (tertiary/aromatic N) is 2. The average Bonchev–Trinajstić information content (AvgIpc) is 3.08. The quantitative estimate of drug-likeness (QED) is 0.764. The number of aromatic nitrogens is 2. The molecule has 0 aliphatic heterocycles. The standard InChI is InChI=1S/C13H12Cl2N2/c14-8-10-7-11(15)3-4-13(10)17-6-5-12(16-17)9-1-2-9/h3-7,9H,1-2,8H2. The van der Waals surface area contributed by atoms with Crippen LogP contribution in [0.5, 0.6) is 0 Å². The number of hydrogen-bond acceptors (Lipinski definition) is 1. The number of alkyl halides is 1. The highest BCUT2D eigenvalue weighted by molar-refractivity contribution is 6.30. The van der Waals surface area contributed by atoms with Crippen LogP contribution in [0.25, 0.3) is 5.69 Å². The van der Waals surface area contributed by atoms with Crippen molar-refractivity contribution in [3.63, 3.8) is 0 Å². The zero-order valence-corrected chi connectivity index (χ0v) is 10.7. The summed E-state index contributed by atoms with van der Waals surface area (Å²) in [6, 6.07) is 7.81. The first-order valence-corrected chi connectivity index (χ1v) is 6.59. The minimum Gasteiger partial charge on any atom is -0.240 e. The molecule has 3 rings (SSSR count). The Morgan fingerprint density at radius 1 is 1.29 bits per heavy atom. The van der Waals surface area contributed by atoms with E-state index in [1.807, 2.05) is 29.1 Å². The number of benzene rings is 1. The highest BCUT2D eigenvalue weighted by atomic mass is 35.5. The van der Waals surface area contributed by atoms with Gasteiger partial charge in [-0.2, -0.15) is 5.10 Å². The van der Waals surface area contributed by atoms with Crippen LogP contribution in [-0.4, -0.2) is 9.78 Å². The van der Waals surface area contributed by atoms with Gasteiger partial charge < -0.3 is 0 Å². The van der Waals surface area contributed by atoms with E-state index in [1.165, 1.54) is 18.5 Å². The largest absolute Gasteiger partial charge is 0.240 e. The van der Waals surface area contributed by atoms with Gasteiger partial charge in [-0.15, -0.1) is 11.6 Å². The van der Waals surface area contributed by atoms with Gasteiger partial charge in [0.05, 0.1) is 11.4 Å². The van der Waals surface area contributed by atoms with E-state index in [4.69, 9.17) is 23.2 Å². The molecule has 2 aromatic rings. The molecule has 0 bridgehead atoms. The van der Waals surface area contributed by atoms with Crippen molar-refractivity contribution in [2.24, 2.45) is 0 Å². The smallest absolute Gasteiger partial charge is 0.0690 e. The van der Waals surface area contributed by atoms with Crippen molar-refractivity contribution >= 4 is 23.2 Å². The first-order chi connectivity index (χ1) is 8.28. The van der Waals surface area contributed by atoms with Crippen LogP contribution in [-0.2, 0) is 5.88 Å². The molecule has 0 saturated heterocycles. The van der Waals surface area contributed by atoms with Crippen LogP contribution in [0.1, 0.15) is 30.0 Å². The fourth-order valence-corrected chi connectivity index (χ4v) is 2.36. The van der Waals surface area contributed by atoms with Crippen molar-refractivity contribution in [2.45, 2.75) is 24.6 Å². The third-order valence-electron chi connectivity index (χ3n) is 3.04. The van der Waals surface area contributed by atoms with Crippen molar-refractivity contribution < 1.29 is 0 Å². The summed E-state index contributed by atoms with van der Waals surface area (Å²) in [7, 11) is 0. The van der Waals surface area contributed by atoms with E-state index in [0.717, 1.165) is 11.3 Å². The van der Waals surface area contributed by atoms with Crippen molar-refractivity contribution in [3.8, 4) is 5.69 Å². The molecular weight excluding hydrogens is 255 g/mol. The maximum absolute atomic E-state index is 5.96. The zero-order valence-electron chi connectivity index (χ0n) is 9.24. The third kappa shape index (κ3) is 2.20. The lowest BCUT2D eigenvalue weighted by Crippen LogP contribution is -1.99. The summed E-state index contributed by atoms with van der Waals surface area (Å²) in [5, 5.41) is 5.30. The Labute approximate surface area is 110 Å². The lowest BCUT2D eigenvalue weighted by atomic mass is 10.2. The average molecular weight is 267 g/mol. The summed E-state index contributed by atoms with van der Waals surface area (Å²) in [5.41, 5.74) is 3.20. The van der Waals surface area contributed by atoms with E-state index >= 15 is 0 Å². The minimum absolute atomic E-state index is 0.439. The molecule has 1 aliphatic rings. The van der Waals surface area contributed by atoms with Crippen LogP contribution in [0, 0.1) is 0 Å². The van der Waals surface area contributed by atoms with Crippen molar-refractivity contribution in [3.05, 3.63) is 46.7 Å². The monoisotopic (exact) mass is 266 g/mol. The first kappa shape index (κ1) is 11.1. The Morgan fingerprint density at radius 3 is 2.82 bits per heavy atom. The second kappa shape index (κ2) is 4.35. The van der Waals surface area contributed by atoms with Gasteiger partial charge in [-0.05, 0) is 42.7 Å². The Hall–Kier alpha value is -0.990. The molecule has 4 heteroatoms. The Balaban J connectivity index is 2.01. The van der Waals surface area contributed by atoms with Crippen molar-refractivity contribution in [2.75, 3.05) is 0 Å². The lowest BCUT2D eigenvalue weighted by Gasteiger charge is -2.07. The van der Waals surface area contributed by atoms with Gasteiger partial charge >= 0.3 is 0 Å². The SMILES string of the molecule is ClCc1cc(Cl)ccc1-n1ccc(C2CC2)n1. The van der Waals surface area contributed by atoms with Crippen LogP contribution < -0.4 is 0 Å². The van der Waals surface area contributed by atoms with Gasteiger partial charge in [0.25, 0.3) is 0 Å². The molecule has 2 nitrogen and oxygen atoms in total. The molecule has 0 radical (unpaired) electrons. The predicted octanol–water partition coefficient (Wildman–Crippen LogP) is 4.14. The molecule has 0 spiro atoms. The fourth-order valence-electron chi connectivity index (χ4n) is 1.95. The number of rotatable bonds is 3. The second-order valence-corrected chi connectivity index (χ2v) is 5.07. The summed E-state index contributed by atoms with van der Waals surface area (Å²) < 4.78 is 1.89. The van der Waals surface area contributed by atoms with E-state index in [1.54, 1.807) is 0 Å². The normalized spacial score (nSPS) is 15.2. The highest BCUT2D eigenvalue weighted by Gasteiger charge is 2.26.